The highest BCUT2D eigenvalue weighted by molar-refractivity contribution is 6.06. The molecule has 1 aromatic carbocycles. The van der Waals surface area contributed by atoms with Crippen LogP contribution in [0.25, 0.3) is 5.57 Å². The predicted molar refractivity (Wildman–Crippen MR) is 84.6 cm³/mol. The molecule has 2 heterocycles. The van der Waals surface area contributed by atoms with E-state index in [9.17, 15) is 24.2 Å². The highest BCUT2D eigenvalue weighted by atomic mass is 19.1. The van der Waals surface area contributed by atoms with Crippen molar-refractivity contribution in [3.05, 3.63) is 40.8 Å². The molecule has 0 radical (unpaired) electrons. The van der Waals surface area contributed by atoms with Crippen LogP contribution in [0.1, 0.15) is 24.5 Å². The number of hydrogen-bond acceptors (Lipinski definition) is 4. The normalized spacial score (nSPS) is 23.8. The van der Waals surface area contributed by atoms with Crippen LogP contribution in [0.5, 0.6) is 0 Å². The van der Waals surface area contributed by atoms with Crippen LogP contribution in [-0.4, -0.2) is 45.9 Å². The summed E-state index contributed by atoms with van der Waals surface area (Å²) in [6.45, 7) is 4.96. The molecule has 1 saturated heterocycles. The number of aliphatic hydroxyl groups is 1. The first kappa shape index (κ1) is 16.3. The molecule has 1 fully saturated rings. The maximum absolute atomic E-state index is 14.1. The number of β-lactam (4-membered cyclic amide) rings is 1. The second kappa shape index (κ2) is 5.83. The van der Waals surface area contributed by atoms with Crippen LogP contribution in [0.3, 0.4) is 0 Å². The van der Waals surface area contributed by atoms with Gasteiger partial charge in [-0.05, 0) is 37.3 Å². The van der Waals surface area contributed by atoms with Crippen LogP contribution in [0.15, 0.2) is 28.9 Å². The molecule has 0 unspecified atom stereocenters. The van der Waals surface area contributed by atoms with Crippen LogP contribution >= 0.6 is 0 Å². The molecule has 0 aliphatic carbocycles. The third kappa shape index (κ3) is 2.32. The van der Waals surface area contributed by atoms with Crippen molar-refractivity contribution in [1.29, 1.82) is 0 Å². The van der Waals surface area contributed by atoms with Gasteiger partial charge in [0.15, 0.2) is 0 Å². The number of amides is 1. The Hall–Kier alpha value is -2.54. The van der Waals surface area contributed by atoms with Gasteiger partial charge in [-0.2, -0.15) is 0 Å². The lowest BCUT2D eigenvalue weighted by Crippen LogP contribution is -2.61. The van der Waals surface area contributed by atoms with Gasteiger partial charge in [0.2, 0.25) is 5.91 Å². The Bertz CT molecular complexity index is 772. The Morgan fingerprint density at radius 2 is 2.25 bits per heavy atom. The summed E-state index contributed by atoms with van der Waals surface area (Å²) in [4.78, 5) is 28.6. The molecular weight excluding hydrogens is 315 g/mol. The van der Waals surface area contributed by atoms with E-state index < -0.39 is 35.8 Å². The van der Waals surface area contributed by atoms with Crippen molar-refractivity contribution in [3.8, 4) is 0 Å². The number of aliphatic hydroxyl groups excluding tert-OH is 1. The first-order valence-corrected chi connectivity index (χ1v) is 7.55. The molecule has 3 atom stereocenters. The molecule has 1 amide bonds. The molecule has 7 heteroatoms. The molecule has 3 rings (SSSR count). The van der Waals surface area contributed by atoms with E-state index in [2.05, 4.69) is 11.7 Å². The van der Waals surface area contributed by atoms with E-state index in [1.807, 2.05) is 0 Å². The minimum Gasteiger partial charge on any atom is -0.477 e. The molecule has 0 aromatic heterocycles. The number of halogens is 1. The number of aliphatic imine (C=N–C) groups is 1. The highest BCUT2D eigenvalue weighted by Gasteiger charge is 2.56. The van der Waals surface area contributed by atoms with Crippen LogP contribution < -0.4 is 0 Å². The number of rotatable bonds is 5. The summed E-state index contributed by atoms with van der Waals surface area (Å²) in [6.07, 6.45) is -0.576. The monoisotopic (exact) mass is 332 g/mol. The smallest absolute Gasteiger partial charge is 0.352 e. The average Bonchev–Trinajstić information content (AvgIpc) is 2.84. The van der Waals surface area contributed by atoms with E-state index in [0.717, 1.165) is 0 Å². The van der Waals surface area contributed by atoms with E-state index in [-0.39, 0.29) is 18.7 Å². The number of aliphatic carboxylic acids is 1. The Labute approximate surface area is 137 Å². The summed E-state index contributed by atoms with van der Waals surface area (Å²) in [6, 6.07) is 4.02. The van der Waals surface area contributed by atoms with Gasteiger partial charge in [0.1, 0.15) is 11.5 Å². The molecule has 126 valence electrons. The van der Waals surface area contributed by atoms with Crippen molar-refractivity contribution >= 4 is 24.2 Å². The molecule has 0 spiro atoms. The van der Waals surface area contributed by atoms with E-state index >= 15 is 0 Å². The van der Waals surface area contributed by atoms with E-state index in [1.165, 1.54) is 24.0 Å². The van der Waals surface area contributed by atoms with Gasteiger partial charge in [0.05, 0.1) is 24.6 Å². The second-order valence-corrected chi connectivity index (χ2v) is 6.07. The summed E-state index contributed by atoms with van der Waals surface area (Å²) in [5, 5.41) is 19.2. The van der Waals surface area contributed by atoms with Gasteiger partial charge in [0.25, 0.3) is 0 Å². The van der Waals surface area contributed by atoms with Gasteiger partial charge in [-0.1, -0.05) is 12.1 Å². The SMILES string of the molecule is C=NCc1ccc(C2=C(C(=O)O)N3C(=O)[C@H]([C@@H](C)O)[C@H]3C2)cc1F. The lowest BCUT2D eigenvalue weighted by atomic mass is 9.82. The standard InChI is InChI=1S/C17H17FN2O4/c1-8(21)14-13-6-11(15(17(23)24)20(13)16(14)22)9-3-4-10(7-19-2)12(18)5-9/h3-5,8,13-14,21H,2,6-7H2,1H3,(H,23,24)/t8-,13-,14-/m1/s1. The Morgan fingerprint density at radius 3 is 2.79 bits per heavy atom. The summed E-state index contributed by atoms with van der Waals surface area (Å²) < 4.78 is 14.1. The second-order valence-electron chi connectivity index (χ2n) is 6.07. The fourth-order valence-electron chi connectivity index (χ4n) is 3.51. The summed E-state index contributed by atoms with van der Waals surface area (Å²) in [5.41, 5.74) is 1.06. The molecule has 2 N–H and O–H groups in total. The zero-order valence-corrected chi connectivity index (χ0v) is 13.1. The number of carboxylic acids is 1. The Kier molecular flexibility index (Phi) is 3.96. The van der Waals surface area contributed by atoms with Crippen LogP contribution in [0.2, 0.25) is 0 Å². The van der Waals surface area contributed by atoms with Crippen molar-refractivity contribution in [2.45, 2.75) is 32.0 Å². The Balaban J connectivity index is 2.01. The van der Waals surface area contributed by atoms with Crippen molar-refractivity contribution in [1.82, 2.24) is 4.90 Å². The number of carboxylic acid groups (broad SMARTS) is 1. The molecule has 2 aliphatic rings. The lowest BCUT2D eigenvalue weighted by molar-refractivity contribution is -0.161. The fourth-order valence-corrected chi connectivity index (χ4v) is 3.51. The molecular formula is C17H17FN2O4. The molecule has 2 aliphatic heterocycles. The predicted octanol–water partition coefficient (Wildman–Crippen LogP) is 1.43. The third-order valence-corrected chi connectivity index (χ3v) is 4.61. The minimum atomic E-state index is -1.23. The summed E-state index contributed by atoms with van der Waals surface area (Å²) in [5.74, 6) is -2.76. The largest absolute Gasteiger partial charge is 0.477 e. The van der Waals surface area contributed by atoms with Crippen LogP contribution in [0.4, 0.5) is 4.39 Å². The van der Waals surface area contributed by atoms with E-state index in [0.29, 0.717) is 16.7 Å². The van der Waals surface area contributed by atoms with Gasteiger partial charge >= 0.3 is 5.97 Å². The number of hydrogen-bond donors (Lipinski definition) is 2. The lowest BCUT2D eigenvalue weighted by Gasteiger charge is -2.44. The van der Waals surface area contributed by atoms with E-state index in [1.54, 1.807) is 6.07 Å². The summed E-state index contributed by atoms with van der Waals surface area (Å²) >= 11 is 0. The average molecular weight is 332 g/mol. The van der Waals surface area contributed by atoms with Gasteiger partial charge in [-0.15, -0.1) is 0 Å². The first-order chi connectivity index (χ1) is 11.4. The third-order valence-electron chi connectivity index (χ3n) is 4.61. The van der Waals surface area contributed by atoms with Crippen molar-refractivity contribution < 1.29 is 24.2 Å². The maximum Gasteiger partial charge on any atom is 0.352 e. The summed E-state index contributed by atoms with van der Waals surface area (Å²) in [7, 11) is 0. The highest BCUT2D eigenvalue weighted by Crippen LogP contribution is 2.47. The van der Waals surface area contributed by atoms with E-state index in [4.69, 9.17) is 0 Å². The zero-order valence-electron chi connectivity index (χ0n) is 13.1. The molecule has 24 heavy (non-hydrogen) atoms. The van der Waals surface area contributed by atoms with Crippen LogP contribution in [-0.2, 0) is 16.1 Å². The van der Waals surface area contributed by atoms with Crippen molar-refractivity contribution in [2.75, 3.05) is 0 Å². The van der Waals surface area contributed by atoms with Gasteiger partial charge < -0.3 is 15.1 Å². The minimum absolute atomic E-state index is 0.129. The Morgan fingerprint density at radius 1 is 1.54 bits per heavy atom. The number of nitrogens with zero attached hydrogens (tertiary/aromatic N) is 2. The fraction of sp³-hybridized carbons (Fsp3) is 0.353. The van der Waals surface area contributed by atoms with Crippen molar-refractivity contribution in [2.24, 2.45) is 10.9 Å². The van der Waals surface area contributed by atoms with Gasteiger partial charge in [-0.3, -0.25) is 9.79 Å². The van der Waals surface area contributed by atoms with Gasteiger partial charge in [-0.25, -0.2) is 9.18 Å². The molecule has 0 saturated carbocycles. The molecule has 6 nitrogen and oxygen atoms in total. The number of carbonyl (C=O) groups is 2. The molecule has 1 aromatic rings. The van der Waals surface area contributed by atoms with Gasteiger partial charge in [0, 0.05) is 5.56 Å². The zero-order chi connectivity index (χ0) is 17.6. The quantitative estimate of drug-likeness (QED) is 0.630. The molecule has 0 bridgehead atoms. The number of benzene rings is 1. The number of carbonyl (C=O) groups excluding carboxylic acids is 1. The number of fused-ring (bicyclic) bond motifs is 1. The maximum atomic E-state index is 14.1. The van der Waals surface area contributed by atoms with Crippen molar-refractivity contribution in [3.63, 3.8) is 0 Å². The van der Waals surface area contributed by atoms with Crippen LogP contribution in [0, 0.1) is 11.7 Å². The first-order valence-electron chi connectivity index (χ1n) is 7.55. The topological polar surface area (TPSA) is 90.2 Å².